The van der Waals surface area contributed by atoms with Crippen LogP contribution in [-0.4, -0.2) is 0 Å². The molecule has 0 saturated carbocycles. The largest absolute Gasteiger partial charge is 0.102 e. The molecule has 0 heteroatoms. The van der Waals surface area contributed by atoms with Crippen LogP contribution >= 0.6 is 0 Å². The van der Waals surface area contributed by atoms with E-state index in [1.807, 2.05) is 6.08 Å². The van der Waals surface area contributed by atoms with E-state index in [2.05, 4.69) is 62.5 Å². The first-order chi connectivity index (χ1) is 8.20. The summed E-state index contributed by atoms with van der Waals surface area (Å²) in [5.74, 6) is 0.372. The lowest BCUT2D eigenvalue weighted by molar-refractivity contribution is 0.831. The average molecular weight is 222 g/mol. The first-order valence-electron chi connectivity index (χ1n) is 5.96. The van der Waals surface area contributed by atoms with Crippen LogP contribution < -0.4 is 0 Å². The SMILES string of the molecule is C=C[C@@H](CC(=C)C)c1ccc2ccccc2c1. The molecule has 0 aromatic heterocycles. The van der Waals surface area contributed by atoms with Crippen molar-refractivity contribution in [3.8, 4) is 0 Å². The highest BCUT2D eigenvalue weighted by Gasteiger charge is 2.08. The van der Waals surface area contributed by atoms with Gasteiger partial charge in [-0.1, -0.05) is 54.1 Å². The van der Waals surface area contributed by atoms with Gasteiger partial charge in [0.25, 0.3) is 0 Å². The molecule has 0 spiro atoms. The zero-order valence-corrected chi connectivity index (χ0v) is 10.3. The molecule has 0 saturated heterocycles. The number of hydrogen-bond acceptors (Lipinski definition) is 0. The highest BCUT2D eigenvalue weighted by molar-refractivity contribution is 5.83. The van der Waals surface area contributed by atoms with Gasteiger partial charge in [0.05, 0.1) is 0 Å². The molecule has 86 valence electrons. The topological polar surface area (TPSA) is 0 Å². The molecule has 1 atom stereocenters. The van der Waals surface area contributed by atoms with Crippen molar-refractivity contribution in [2.24, 2.45) is 0 Å². The number of allylic oxidation sites excluding steroid dienone is 2. The molecular weight excluding hydrogens is 204 g/mol. The van der Waals surface area contributed by atoms with Gasteiger partial charge in [-0.05, 0) is 29.7 Å². The number of fused-ring (bicyclic) bond motifs is 1. The molecule has 0 aliphatic rings. The van der Waals surface area contributed by atoms with Crippen LogP contribution in [0.3, 0.4) is 0 Å². The summed E-state index contributed by atoms with van der Waals surface area (Å²) in [4.78, 5) is 0. The van der Waals surface area contributed by atoms with Crippen molar-refractivity contribution in [3.63, 3.8) is 0 Å². The van der Waals surface area contributed by atoms with E-state index in [0.29, 0.717) is 5.92 Å². The van der Waals surface area contributed by atoms with E-state index in [1.54, 1.807) is 0 Å². The lowest BCUT2D eigenvalue weighted by Crippen LogP contribution is -1.95. The zero-order chi connectivity index (χ0) is 12.3. The van der Waals surface area contributed by atoms with Crippen molar-refractivity contribution in [3.05, 3.63) is 72.8 Å². The minimum Gasteiger partial charge on any atom is -0.102 e. The van der Waals surface area contributed by atoms with Crippen LogP contribution in [0.5, 0.6) is 0 Å². The second kappa shape index (κ2) is 5.01. The van der Waals surface area contributed by atoms with Crippen molar-refractivity contribution in [1.82, 2.24) is 0 Å². The fraction of sp³-hybridized carbons (Fsp3) is 0.176. The normalized spacial score (nSPS) is 12.3. The minimum absolute atomic E-state index is 0.372. The Kier molecular flexibility index (Phi) is 3.43. The Balaban J connectivity index is 2.40. The molecule has 2 rings (SSSR count). The van der Waals surface area contributed by atoms with E-state index in [0.717, 1.165) is 6.42 Å². The summed E-state index contributed by atoms with van der Waals surface area (Å²) in [6.07, 6.45) is 2.99. The van der Waals surface area contributed by atoms with E-state index in [1.165, 1.54) is 21.9 Å². The summed E-state index contributed by atoms with van der Waals surface area (Å²) >= 11 is 0. The molecule has 2 aromatic carbocycles. The molecule has 0 amide bonds. The average Bonchev–Trinajstić information content (AvgIpc) is 2.35. The number of benzene rings is 2. The smallest absolute Gasteiger partial charge is 0.00524 e. The Morgan fingerprint density at radius 3 is 2.53 bits per heavy atom. The van der Waals surface area contributed by atoms with Crippen molar-refractivity contribution in [1.29, 1.82) is 0 Å². The van der Waals surface area contributed by atoms with Crippen LogP contribution in [-0.2, 0) is 0 Å². The first kappa shape index (κ1) is 11.7. The highest BCUT2D eigenvalue weighted by Crippen LogP contribution is 2.27. The maximum atomic E-state index is 3.98. The Labute approximate surface area is 103 Å². The van der Waals surface area contributed by atoms with Crippen LogP contribution in [0, 0.1) is 0 Å². The van der Waals surface area contributed by atoms with E-state index in [4.69, 9.17) is 0 Å². The van der Waals surface area contributed by atoms with Gasteiger partial charge in [0.2, 0.25) is 0 Å². The summed E-state index contributed by atoms with van der Waals surface area (Å²) < 4.78 is 0. The predicted octanol–water partition coefficient (Wildman–Crippen LogP) is 5.08. The highest BCUT2D eigenvalue weighted by atomic mass is 14.1. The Morgan fingerprint density at radius 2 is 1.88 bits per heavy atom. The third kappa shape index (κ3) is 2.65. The first-order valence-corrected chi connectivity index (χ1v) is 5.96. The molecule has 0 aliphatic heterocycles. The van der Waals surface area contributed by atoms with Crippen LogP contribution in [0.25, 0.3) is 10.8 Å². The Hall–Kier alpha value is -1.82. The van der Waals surface area contributed by atoms with Crippen molar-refractivity contribution in [2.45, 2.75) is 19.3 Å². The summed E-state index contributed by atoms with van der Waals surface area (Å²) in [5.41, 5.74) is 2.52. The van der Waals surface area contributed by atoms with Crippen LogP contribution in [0.2, 0.25) is 0 Å². The van der Waals surface area contributed by atoms with Gasteiger partial charge < -0.3 is 0 Å². The van der Waals surface area contributed by atoms with Crippen molar-refractivity contribution >= 4 is 10.8 Å². The third-order valence-corrected chi connectivity index (χ3v) is 3.05. The maximum Gasteiger partial charge on any atom is 0.00524 e. The van der Waals surface area contributed by atoms with Gasteiger partial charge in [0, 0.05) is 5.92 Å². The minimum atomic E-state index is 0.372. The molecular formula is C17H18. The molecule has 17 heavy (non-hydrogen) atoms. The van der Waals surface area contributed by atoms with Gasteiger partial charge in [-0.2, -0.15) is 0 Å². The molecule has 0 bridgehead atoms. The molecule has 0 unspecified atom stereocenters. The number of rotatable bonds is 4. The molecule has 2 aromatic rings. The standard InChI is InChI=1S/C17H18/c1-4-14(11-13(2)3)17-10-9-15-7-5-6-8-16(15)12-17/h4-10,12,14H,1-2,11H2,3H3/t14-/m0/s1. The van der Waals surface area contributed by atoms with Crippen molar-refractivity contribution in [2.75, 3.05) is 0 Å². The van der Waals surface area contributed by atoms with Crippen molar-refractivity contribution < 1.29 is 0 Å². The molecule has 0 N–H and O–H groups in total. The fourth-order valence-corrected chi connectivity index (χ4v) is 2.15. The fourth-order valence-electron chi connectivity index (χ4n) is 2.15. The van der Waals surface area contributed by atoms with E-state index >= 15 is 0 Å². The molecule has 0 fully saturated rings. The van der Waals surface area contributed by atoms with E-state index in [-0.39, 0.29) is 0 Å². The van der Waals surface area contributed by atoms with Gasteiger partial charge in [-0.25, -0.2) is 0 Å². The quantitative estimate of drug-likeness (QED) is 0.633. The maximum absolute atomic E-state index is 3.98. The predicted molar refractivity (Wildman–Crippen MR) is 76.3 cm³/mol. The van der Waals surface area contributed by atoms with Gasteiger partial charge >= 0.3 is 0 Å². The van der Waals surface area contributed by atoms with Crippen LogP contribution in [0.4, 0.5) is 0 Å². The van der Waals surface area contributed by atoms with Crippen LogP contribution in [0.1, 0.15) is 24.8 Å². The van der Waals surface area contributed by atoms with Gasteiger partial charge in [-0.3, -0.25) is 0 Å². The molecule has 0 radical (unpaired) electrons. The Morgan fingerprint density at radius 1 is 1.18 bits per heavy atom. The Bertz CT molecular complexity index is 549. The summed E-state index contributed by atoms with van der Waals surface area (Å²) in [6, 6.07) is 15.1. The molecule has 0 aliphatic carbocycles. The van der Waals surface area contributed by atoms with Gasteiger partial charge in [0.1, 0.15) is 0 Å². The summed E-state index contributed by atoms with van der Waals surface area (Å²) in [7, 11) is 0. The van der Waals surface area contributed by atoms with Gasteiger partial charge in [-0.15, -0.1) is 13.2 Å². The lowest BCUT2D eigenvalue weighted by Gasteiger charge is -2.13. The third-order valence-electron chi connectivity index (χ3n) is 3.05. The monoisotopic (exact) mass is 222 g/mol. The van der Waals surface area contributed by atoms with Crippen LogP contribution in [0.15, 0.2) is 67.3 Å². The van der Waals surface area contributed by atoms with E-state index < -0.39 is 0 Å². The summed E-state index contributed by atoms with van der Waals surface area (Å²) in [5, 5.41) is 2.58. The second-order valence-corrected chi connectivity index (χ2v) is 4.61. The second-order valence-electron chi connectivity index (χ2n) is 4.61. The van der Waals surface area contributed by atoms with Gasteiger partial charge in [0.15, 0.2) is 0 Å². The number of hydrogen-bond donors (Lipinski definition) is 0. The summed E-state index contributed by atoms with van der Waals surface area (Å²) in [6.45, 7) is 9.98. The van der Waals surface area contributed by atoms with E-state index in [9.17, 15) is 0 Å². The molecule has 0 nitrogen and oxygen atoms in total. The zero-order valence-electron chi connectivity index (χ0n) is 10.3. The lowest BCUT2D eigenvalue weighted by atomic mass is 9.91. The molecule has 0 heterocycles.